The van der Waals surface area contributed by atoms with Crippen LogP contribution in [0.5, 0.6) is 0 Å². The van der Waals surface area contributed by atoms with Crippen LogP contribution in [0.4, 0.5) is 0 Å². The molecule has 7 atom stereocenters. The van der Waals surface area contributed by atoms with Gasteiger partial charge in [0, 0.05) is 6.42 Å². The first-order valence-electron chi connectivity index (χ1n) is 26.0. The SMILES string of the molecule is CC/C=C\C/C=C\C/C=C\C/C=C\C/C=C\C/C=C\CCCCCCCCC(=O)NC(COC1OC(CO)C(O)C(O)C1O)C(O)/C=C/CC/C=C/CCCCCCCCCCCCC. The van der Waals surface area contributed by atoms with Crippen LogP contribution in [-0.2, 0) is 14.3 Å². The van der Waals surface area contributed by atoms with E-state index in [0.717, 1.165) is 103 Å². The normalized spacial score (nSPS) is 20.8. The zero-order chi connectivity index (χ0) is 47.3. The van der Waals surface area contributed by atoms with Crippen LogP contribution in [0, 0.1) is 0 Å². The molecule has 0 aromatic heterocycles. The number of ether oxygens (including phenoxy) is 2. The quantitative estimate of drug-likeness (QED) is 0.0262. The Morgan fingerprint density at radius 3 is 1.48 bits per heavy atom. The Bertz CT molecular complexity index is 1330. The average molecular weight is 910 g/mol. The highest BCUT2D eigenvalue weighted by atomic mass is 16.7. The number of aliphatic hydroxyl groups excluding tert-OH is 5. The number of allylic oxidation sites excluding steroid dienone is 15. The van der Waals surface area contributed by atoms with Crippen molar-refractivity contribution >= 4 is 5.91 Å². The minimum Gasteiger partial charge on any atom is -0.394 e. The highest BCUT2D eigenvalue weighted by Gasteiger charge is 2.44. The molecule has 9 nitrogen and oxygen atoms in total. The van der Waals surface area contributed by atoms with E-state index >= 15 is 0 Å². The molecule has 65 heavy (non-hydrogen) atoms. The maximum atomic E-state index is 13.0. The molecule has 1 heterocycles. The van der Waals surface area contributed by atoms with Gasteiger partial charge in [-0.25, -0.2) is 0 Å². The first-order valence-corrected chi connectivity index (χ1v) is 26.0. The van der Waals surface area contributed by atoms with Gasteiger partial charge in [0.25, 0.3) is 0 Å². The van der Waals surface area contributed by atoms with E-state index in [1.165, 1.54) is 70.6 Å². The molecule has 0 aromatic carbocycles. The maximum Gasteiger partial charge on any atom is 0.220 e. The number of rotatable bonds is 42. The summed E-state index contributed by atoms with van der Waals surface area (Å²) in [4.78, 5) is 13.0. The molecule has 0 saturated carbocycles. The van der Waals surface area contributed by atoms with E-state index in [-0.39, 0.29) is 12.5 Å². The molecule has 1 amide bonds. The van der Waals surface area contributed by atoms with Gasteiger partial charge in [-0.1, -0.05) is 201 Å². The third-order valence-corrected chi connectivity index (χ3v) is 11.6. The number of unbranched alkanes of at least 4 members (excludes halogenated alkanes) is 18. The number of aliphatic hydroxyl groups is 5. The summed E-state index contributed by atoms with van der Waals surface area (Å²) in [6, 6.07) is -0.836. The number of hydrogen-bond donors (Lipinski definition) is 6. The zero-order valence-corrected chi connectivity index (χ0v) is 41.0. The van der Waals surface area contributed by atoms with Crippen LogP contribution >= 0.6 is 0 Å². The first-order chi connectivity index (χ1) is 31.8. The topological polar surface area (TPSA) is 149 Å². The fraction of sp³-hybridized carbons (Fsp3) is 0.696. The maximum absolute atomic E-state index is 13.0. The zero-order valence-electron chi connectivity index (χ0n) is 41.0. The molecule has 1 rings (SSSR count). The van der Waals surface area contributed by atoms with Gasteiger partial charge in [0.2, 0.25) is 5.91 Å². The van der Waals surface area contributed by atoms with Crippen LogP contribution < -0.4 is 5.32 Å². The number of nitrogens with one attached hydrogen (secondary N) is 1. The molecule has 1 aliphatic heterocycles. The van der Waals surface area contributed by atoms with Crippen LogP contribution in [0.15, 0.2) is 97.2 Å². The molecular formula is C56H95NO8. The number of carbonyl (C=O) groups excluding carboxylic acids is 1. The molecule has 6 N–H and O–H groups in total. The van der Waals surface area contributed by atoms with Crippen molar-refractivity contribution in [1.29, 1.82) is 0 Å². The van der Waals surface area contributed by atoms with Crippen molar-refractivity contribution in [1.82, 2.24) is 5.32 Å². The summed E-state index contributed by atoms with van der Waals surface area (Å²) in [5.74, 6) is -0.206. The fourth-order valence-corrected chi connectivity index (χ4v) is 7.53. The minimum absolute atomic E-state index is 0.206. The second kappa shape index (κ2) is 44.9. The predicted molar refractivity (Wildman–Crippen MR) is 271 cm³/mol. The summed E-state index contributed by atoms with van der Waals surface area (Å²) in [6.45, 7) is 3.63. The van der Waals surface area contributed by atoms with Crippen LogP contribution in [-0.4, -0.2) is 87.5 Å². The lowest BCUT2D eigenvalue weighted by atomic mass is 9.99. The van der Waals surface area contributed by atoms with E-state index in [1.54, 1.807) is 6.08 Å². The standard InChI is InChI=1S/C56H95NO8/c1-3-5-7-9-11-13-15-17-19-21-22-23-24-25-26-27-28-30-32-34-36-38-40-42-44-46-52(60)57-49(48-64-56-55(63)54(62)53(61)51(47-58)65-56)50(59)45-43-41-39-37-35-33-31-29-20-18-16-14-12-10-8-6-4-2/h5,7,11,13,17,19,22-23,25-26,28,30,35,37,43,45,49-51,53-56,58-59,61-63H,3-4,6,8-10,12,14-16,18,20-21,24,27,29,31-34,36,38-42,44,46-48H2,1-2H3,(H,57,60)/b7-5-,13-11-,19-17-,23-22-,26-25-,30-28-,37-35+,45-43+. The number of hydrogen-bond acceptors (Lipinski definition) is 8. The molecule has 0 aromatic rings. The highest BCUT2D eigenvalue weighted by Crippen LogP contribution is 2.22. The lowest BCUT2D eigenvalue weighted by Gasteiger charge is -2.40. The van der Waals surface area contributed by atoms with Crippen molar-refractivity contribution in [2.45, 2.75) is 236 Å². The van der Waals surface area contributed by atoms with Gasteiger partial charge < -0.3 is 40.3 Å². The molecule has 1 aliphatic rings. The van der Waals surface area contributed by atoms with E-state index in [1.807, 2.05) is 6.08 Å². The molecule has 0 aliphatic carbocycles. The molecule has 372 valence electrons. The van der Waals surface area contributed by atoms with Crippen molar-refractivity contribution < 1.29 is 39.8 Å². The van der Waals surface area contributed by atoms with Crippen LogP contribution in [0.1, 0.15) is 194 Å². The summed E-state index contributed by atoms with van der Waals surface area (Å²) in [6.07, 6.45) is 57.4. The Morgan fingerprint density at radius 2 is 0.969 bits per heavy atom. The first kappa shape index (κ1) is 60.1. The number of amides is 1. The van der Waals surface area contributed by atoms with Gasteiger partial charge in [-0.3, -0.25) is 4.79 Å². The van der Waals surface area contributed by atoms with E-state index < -0.39 is 49.5 Å². The highest BCUT2D eigenvalue weighted by molar-refractivity contribution is 5.76. The van der Waals surface area contributed by atoms with Gasteiger partial charge in [-0.15, -0.1) is 0 Å². The van der Waals surface area contributed by atoms with Gasteiger partial charge >= 0.3 is 0 Å². The third-order valence-electron chi connectivity index (χ3n) is 11.6. The van der Waals surface area contributed by atoms with Crippen molar-refractivity contribution in [3.63, 3.8) is 0 Å². The van der Waals surface area contributed by atoms with Gasteiger partial charge in [-0.05, 0) is 83.5 Å². The summed E-state index contributed by atoms with van der Waals surface area (Å²) in [5, 5.41) is 54.3. The molecule has 0 spiro atoms. The fourth-order valence-electron chi connectivity index (χ4n) is 7.53. The van der Waals surface area contributed by atoms with E-state index in [9.17, 15) is 30.3 Å². The monoisotopic (exact) mass is 910 g/mol. The van der Waals surface area contributed by atoms with Crippen molar-refractivity contribution in [2.24, 2.45) is 0 Å². The Balaban J connectivity index is 2.33. The average Bonchev–Trinajstić information content (AvgIpc) is 3.31. The summed E-state index contributed by atoms with van der Waals surface area (Å²) in [7, 11) is 0. The molecule has 7 unspecified atom stereocenters. The van der Waals surface area contributed by atoms with Crippen molar-refractivity contribution in [3.05, 3.63) is 97.2 Å². The summed E-state index contributed by atoms with van der Waals surface area (Å²) < 4.78 is 11.2. The Morgan fingerprint density at radius 1 is 0.538 bits per heavy atom. The third kappa shape index (κ3) is 35.0. The second-order valence-electron chi connectivity index (χ2n) is 17.6. The molecule has 9 heteroatoms. The van der Waals surface area contributed by atoms with E-state index in [4.69, 9.17) is 9.47 Å². The molecule has 0 radical (unpaired) electrons. The lowest BCUT2D eigenvalue weighted by Crippen LogP contribution is -2.60. The van der Waals surface area contributed by atoms with E-state index in [0.29, 0.717) is 6.42 Å². The number of carbonyl (C=O) groups is 1. The Labute approximate surface area is 396 Å². The van der Waals surface area contributed by atoms with Gasteiger partial charge in [0.15, 0.2) is 6.29 Å². The lowest BCUT2D eigenvalue weighted by molar-refractivity contribution is -0.302. The smallest absolute Gasteiger partial charge is 0.220 e. The van der Waals surface area contributed by atoms with Gasteiger partial charge in [0.05, 0.1) is 25.4 Å². The van der Waals surface area contributed by atoms with E-state index in [2.05, 4.69) is 104 Å². The van der Waals surface area contributed by atoms with Crippen molar-refractivity contribution in [2.75, 3.05) is 13.2 Å². The largest absolute Gasteiger partial charge is 0.394 e. The predicted octanol–water partition coefficient (Wildman–Crippen LogP) is 12.1. The second-order valence-corrected chi connectivity index (χ2v) is 17.6. The van der Waals surface area contributed by atoms with Crippen LogP contribution in [0.3, 0.4) is 0 Å². The summed E-state index contributed by atoms with van der Waals surface area (Å²) >= 11 is 0. The van der Waals surface area contributed by atoms with Crippen LogP contribution in [0.2, 0.25) is 0 Å². The van der Waals surface area contributed by atoms with Crippen LogP contribution in [0.25, 0.3) is 0 Å². The molecule has 1 saturated heterocycles. The molecule has 1 fully saturated rings. The Hall–Kier alpha value is -2.89. The van der Waals surface area contributed by atoms with Gasteiger partial charge in [0.1, 0.15) is 24.4 Å². The molecular weight excluding hydrogens is 815 g/mol. The van der Waals surface area contributed by atoms with Gasteiger partial charge in [-0.2, -0.15) is 0 Å². The minimum atomic E-state index is -1.58. The molecule has 0 bridgehead atoms. The van der Waals surface area contributed by atoms with Crippen molar-refractivity contribution in [3.8, 4) is 0 Å². The summed E-state index contributed by atoms with van der Waals surface area (Å²) in [5.41, 5.74) is 0. The Kier molecular flexibility index (Phi) is 41.6.